The van der Waals surface area contributed by atoms with E-state index in [0.717, 1.165) is 11.1 Å². The molecule has 3 nitrogen and oxygen atoms in total. The summed E-state index contributed by atoms with van der Waals surface area (Å²) < 4.78 is 26.9. The molecule has 0 fully saturated rings. The summed E-state index contributed by atoms with van der Waals surface area (Å²) in [6.45, 7) is 9.56. The van der Waals surface area contributed by atoms with Gasteiger partial charge in [-0.2, -0.15) is 4.31 Å². The summed E-state index contributed by atoms with van der Waals surface area (Å²) in [6.07, 6.45) is 3.81. The number of sulfonamides is 1. The van der Waals surface area contributed by atoms with E-state index in [4.69, 9.17) is 0 Å². The fourth-order valence-electron chi connectivity index (χ4n) is 2.27. The highest BCUT2D eigenvalue weighted by molar-refractivity contribution is 7.89. The molecule has 1 aromatic carbocycles. The molecule has 0 saturated heterocycles. The Balaban J connectivity index is 2.44. The molecule has 0 amide bonds. The first kappa shape index (κ1) is 14.0. The molecular formula is C15H19NO2S. The second-order valence-electron chi connectivity index (χ2n) is 5.06. The maximum absolute atomic E-state index is 12.7. The molecule has 2 rings (SSSR count). The minimum atomic E-state index is -3.49. The molecule has 4 heteroatoms. The highest BCUT2D eigenvalue weighted by Crippen LogP contribution is 2.29. The first-order valence-electron chi connectivity index (χ1n) is 6.28. The van der Waals surface area contributed by atoms with Gasteiger partial charge in [-0.05, 0) is 32.9 Å². The largest absolute Gasteiger partial charge is 0.244 e. The molecule has 19 heavy (non-hydrogen) atoms. The number of hydrogen-bond donors (Lipinski definition) is 0. The van der Waals surface area contributed by atoms with Gasteiger partial charge in [0.05, 0.1) is 10.9 Å². The SMILES string of the molecule is C=C(C)[C@@H]1C=C[C@@H](C)N1S(=O)(=O)c1ccc(C)cc1. The van der Waals surface area contributed by atoms with Crippen molar-refractivity contribution in [1.29, 1.82) is 0 Å². The zero-order valence-corrected chi connectivity index (χ0v) is 12.3. The molecular weight excluding hydrogens is 258 g/mol. The average molecular weight is 277 g/mol. The molecule has 2 atom stereocenters. The molecule has 0 aromatic heterocycles. The summed E-state index contributed by atoms with van der Waals surface area (Å²) in [7, 11) is -3.49. The fourth-order valence-corrected chi connectivity index (χ4v) is 4.05. The first-order valence-corrected chi connectivity index (χ1v) is 7.72. The standard InChI is InChI=1S/C15H19NO2S/c1-11(2)15-10-7-13(4)16(15)19(17,18)14-8-5-12(3)6-9-14/h5-10,13,15H,1H2,2-4H3/t13-,15+/m1/s1. The Morgan fingerprint density at radius 3 is 2.32 bits per heavy atom. The number of nitrogens with zero attached hydrogens (tertiary/aromatic N) is 1. The molecule has 102 valence electrons. The summed E-state index contributed by atoms with van der Waals surface area (Å²) in [5, 5.41) is 0. The Hall–Kier alpha value is -1.39. The van der Waals surface area contributed by atoms with E-state index < -0.39 is 10.0 Å². The minimum absolute atomic E-state index is 0.145. The normalized spacial score (nSPS) is 23.7. The predicted molar refractivity (Wildman–Crippen MR) is 77.4 cm³/mol. The van der Waals surface area contributed by atoms with E-state index >= 15 is 0 Å². The van der Waals surface area contributed by atoms with Gasteiger partial charge in [0.25, 0.3) is 0 Å². The Labute approximate surface area is 115 Å². The van der Waals surface area contributed by atoms with Crippen LogP contribution in [0, 0.1) is 6.92 Å². The van der Waals surface area contributed by atoms with Crippen LogP contribution < -0.4 is 0 Å². The molecule has 0 unspecified atom stereocenters. The molecule has 1 heterocycles. The number of aryl methyl sites for hydroxylation is 1. The van der Waals surface area contributed by atoms with Gasteiger partial charge in [-0.25, -0.2) is 8.42 Å². The van der Waals surface area contributed by atoms with Gasteiger partial charge in [-0.1, -0.05) is 42.0 Å². The average Bonchev–Trinajstić information content (AvgIpc) is 2.72. The first-order chi connectivity index (χ1) is 8.84. The van der Waals surface area contributed by atoms with Crippen LogP contribution in [0.15, 0.2) is 53.5 Å². The number of hydrogen-bond acceptors (Lipinski definition) is 2. The van der Waals surface area contributed by atoms with Crippen LogP contribution in [0.1, 0.15) is 19.4 Å². The fraction of sp³-hybridized carbons (Fsp3) is 0.333. The van der Waals surface area contributed by atoms with Gasteiger partial charge in [0.1, 0.15) is 0 Å². The van der Waals surface area contributed by atoms with Crippen molar-refractivity contribution >= 4 is 10.0 Å². The molecule has 0 N–H and O–H groups in total. The van der Waals surface area contributed by atoms with Crippen molar-refractivity contribution in [2.75, 3.05) is 0 Å². The van der Waals surface area contributed by atoms with Crippen LogP contribution in [0.3, 0.4) is 0 Å². The van der Waals surface area contributed by atoms with Crippen LogP contribution in [-0.2, 0) is 10.0 Å². The summed E-state index contributed by atoms with van der Waals surface area (Å²) in [4.78, 5) is 0.333. The van der Waals surface area contributed by atoms with Crippen LogP contribution >= 0.6 is 0 Å². The predicted octanol–water partition coefficient (Wildman–Crippen LogP) is 2.89. The van der Waals surface area contributed by atoms with Gasteiger partial charge in [-0.3, -0.25) is 0 Å². The van der Waals surface area contributed by atoms with Crippen molar-refractivity contribution < 1.29 is 8.42 Å². The highest BCUT2D eigenvalue weighted by atomic mass is 32.2. The molecule has 0 radical (unpaired) electrons. The van der Waals surface area contributed by atoms with Crippen LogP contribution in [0.2, 0.25) is 0 Å². The monoisotopic (exact) mass is 277 g/mol. The number of benzene rings is 1. The van der Waals surface area contributed by atoms with E-state index in [2.05, 4.69) is 6.58 Å². The smallest absolute Gasteiger partial charge is 0.207 e. The van der Waals surface area contributed by atoms with Crippen LogP contribution in [0.4, 0.5) is 0 Å². The third-order valence-corrected chi connectivity index (χ3v) is 5.33. The van der Waals surface area contributed by atoms with Crippen molar-refractivity contribution in [3.05, 3.63) is 54.1 Å². The van der Waals surface area contributed by atoms with Crippen molar-refractivity contribution in [3.63, 3.8) is 0 Å². The topological polar surface area (TPSA) is 37.4 Å². The Kier molecular flexibility index (Phi) is 3.65. The van der Waals surface area contributed by atoms with Gasteiger partial charge in [0.2, 0.25) is 10.0 Å². The van der Waals surface area contributed by atoms with Crippen molar-refractivity contribution in [1.82, 2.24) is 4.31 Å². The van der Waals surface area contributed by atoms with Gasteiger partial charge in [-0.15, -0.1) is 0 Å². The zero-order chi connectivity index (χ0) is 14.2. The van der Waals surface area contributed by atoms with E-state index in [1.165, 1.54) is 4.31 Å². The third-order valence-electron chi connectivity index (χ3n) is 3.35. The van der Waals surface area contributed by atoms with E-state index in [1.54, 1.807) is 12.1 Å². The van der Waals surface area contributed by atoms with Gasteiger partial charge in [0.15, 0.2) is 0 Å². The molecule has 0 spiro atoms. The van der Waals surface area contributed by atoms with Crippen LogP contribution in [0.5, 0.6) is 0 Å². The van der Waals surface area contributed by atoms with E-state index in [0.29, 0.717) is 4.90 Å². The van der Waals surface area contributed by atoms with Crippen LogP contribution in [0.25, 0.3) is 0 Å². The van der Waals surface area contributed by atoms with E-state index in [-0.39, 0.29) is 12.1 Å². The second kappa shape index (κ2) is 4.94. The van der Waals surface area contributed by atoms with Crippen LogP contribution in [-0.4, -0.2) is 24.8 Å². The molecule has 0 bridgehead atoms. The van der Waals surface area contributed by atoms with E-state index in [1.807, 2.05) is 45.1 Å². The second-order valence-corrected chi connectivity index (χ2v) is 6.91. The zero-order valence-electron chi connectivity index (χ0n) is 11.5. The Morgan fingerprint density at radius 1 is 1.21 bits per heavy atom. The Morgan fingerprint density at radius 2 is 1.79 bits per heavy atom. The Bertz CT molecular complexity index is 614. The van der Waals surface area contributed by atoms with E-state index in [9.17, 15) is 8.42 Å². The molecule has 1 aliphatic heterocycles. The molecule has 1 aliphatic rings. The van der Waals surface area contributed by atoms with Crippen molar-refractivity contribution in [2.45, 2.75) is 37.8 Å². The minimum Gasteiger partial charge on any atom is -0.207 e. The quantitative estimate of drug-likeness (QED) is 0.797. The lowest BCUT2D eigenvalue weighted by atomic mass is 10.2. The maximum atomic E-state index is 12.7. The lowest BCUT2D eigenvalue weighted by Gasteiger charge is -2.28. The third kappa shape index (κ3) is 2.51. The van der Waals surface area contributed by atoms with Gasteiger partial charge >= 0.3 is 0 Å². The molecule has 0 saturated carbocycles. The molecule has 0 aliphatic carbocycles. The summed E-state index contributed by atoms with van der Waals surface area (Å²) in [5.74, 6) is 0. The van der Waals surface area contributed by atoms with Gasteiger partial charge < -0.3 is 0 Å². The summed E-state index contributed by atoms with van der Waals surface area (Å²) in [5.41, 5.74) is 1.87. The summed E-state index contributed by atoms with van der Waals surface area (Å²) >= 11 is 0. The maximum Gasteiger partial charge on any atom is 0.244 e. The van der Waals surface area contributed by atoms with Crippen molar-refractivity contribution in [2.24, 2.45) is 0 Å². The highest BCUT2D eigenvalue weighted by Gasteiger charge is 2.36. The lowest BCUT2D eigenvalue weighted by molar-refractivity contribution is 0.379. The van der Waals surface area contributed by atoms with Crippen molar-refractivity contribution in [3.8, 4) is 0 Å². The lowest BCUT2D eigenvalue weighted by Crippen LogP contribution is -2.41. The molecule has 1 aromatic rings. The van der Waals surface area contributed by atoms with Gasteiger partial charge in [0, 0.05) is 6.04 Å². The summed E-state index contributed by atoms with van der Waals surface area (Å²) in [6, 6.07) is 6.55. The number of rotatable bonds is 3.